The molecule has 1 N–H and O–H groups in total. The van der Waals surface area contributed by atoms with Gasteiger partial charge in [0.15, 0.2) is 5.82 Å². The highest BCUT2D eigenvalue weighted by Gasteiger charge is 2.10. The molecule has 0 unspecified atom stereocenters. The highest BCUT2D eigenvalue weighted by Crippen LogP contribution is 2.16. The van der Waals surface area contributed by atoms with Crippen molar-refractivity contribution >= 4 is 5.82 Å². The predicted octanol–water partition coefficient (Wildman–Crippen LogP) is 2.54. The standard InChI is InChI=1S/C15H17FN6/c1-3-21-14(8-9-18-21)10-17-15-11(2)22(20-19-15)13-6-4-12(16)5-7-13/h4-9,17H,3,10H2,1-2H3. The molecule has 3 rings (SSSR count). The van der Waals surface area contributed by atoms with Crippen LogP contribution in [0, 0.1) is 12.7 Å². The van der Waals surface area contributed by atoms with Crippen LogP contribution < -0.4 is 5.32 Å². The van der Waals surface area contributed by atoms with Crippen molar-refractivity contribution in [2.75, 3.05) is 5.32 Å². The predicted molar refractivity (Wildman–Crippen MR) is 81.3 cm³/mol. The summed E-state index contributed by atoms with van der Waals surface area (Å²) in [6.07, 6.45) is 1.78. The van der Waals surface area contributed by atoms with Gasteiger partial charge < -0.3 is 5.32 Å². The van der Waals surface area contributed by atoms with Crippen LogP contribution in [0.5, 0.6) is 0 Å². The third-order valence-electron chi connectivity index (χ3n) is 3.51. The highest BCUT2D eigenvalue weighted by molar-refractivity contribution is 5.43. The van der Waals surface area contributed by atoms with Gasteiger partial charge in [0.05, 0.1) is 23.6 Å². The lowest BCUT2D eigenvalue weighted by Gasteiger charge is -2.07. The molecular weight excluding hydrogens is 283 g/mol. The first-order valence-corrected chi connectivity index (χ1v) is 7.12. The summed E-state index contributed by atoms with van der Waals surface area (Å²) in [5.74, 6) is 0.431. The second-order valence-corrected chi connectivity index (χ2v) is 4.90. The van der Waals surface area contributed by atoms with Gasteiger partial charge in [-0.1, -0.05) is 5.21 Å². The molecule has 0 fully saturated rings. The van der Waals surface area contributed by atoms with Crippen LogP contribution in [0.4, 0.5) is 10.2 Å². The van der Waals surface area contributed by atoms with Gasteiger partial charge in [-0.05, 0) is 44.2 Å². The van der Waals surface area contributed by atoms with Gasteiger partial charge in [-0.15, -0.1) is 5.10 Å². The van der Waals surface area contributed by atoms with Crippen LogP contribution in [-0.4, -0.2) is 24.8 Å². The summed E-state index contributed by atoms with van der Waals surface area (Å²) < 4.78 is 16.6. The smallest absolute Gasteiger partial charge is 0.172 e. The van der Waals surface area contributed by atoms with Crippen molar-refractivity contribution in [3.8, 4) is 5.69 Å². The summed E-state index contributed by atoms with van der Waals surface area (Å²) >= 11 is 0. The summed E-state index contributed by atoms with van der Waals surface area (Å²) in [5, 5.41) is 15.8. The number of rotatable bonds is 5. The Labute approximate surface area is 127 Å². The van der Waals surface area contributed by atoms with Gasteiger partial charge in [0, 0.05) is 12.7 Å². The Bertz CT molecular complexity index is 759. The number of hydrogen-bond donors (Lipinski definition) is 1. The summed E-state index contributed by atoms with van der Waals surface area (Å²) in [7, 11) is 0. The molecular formula is C15H17FN6. The Hall–Kier alpha value is -2.70. The van der Waals surface area contributed by atoms with Crippen molar-refractivity contribution in [2.45, 2.75) is 26.9 Å². The minimum absolute atomic E-state index is 0.271. The van der Waals surface area contributed by atoms with Gasteiger partial charge in [-0.2, -0.15) is 5.10 Å². The molecule has 114 valence electrons. The van der Waals surface area contributed by atoms with Gasteiger partial charge in [0.2, 0.25) is 0 Å². The van der Waals surface area contributed by atoms with E-state index in [2.05, 4.69) is 20.7 Å². The molecule has 3 aromatic rings. The van der Waals surface area contributed by atoms with Gasteiger partial charge in [-0.3, -0.25) is 4.68 Å². The number of hydrogen-bond acceptors (Lipinski definition) is 4. The Morgan fingerprint density at radius 1 is 1.18 bits per heavy atom. The summed E-state index contributed by atoms with van der Waals surface area (Å²) in [6.45, 7) is 5.41. The minimum atomic E-state index is -0.271. The molecule has 1 aromatic carbocycles. The Morgan fingerprint density at radius 3 is 2.68 bits per heavy atom. The SMILES string of the molecule is CCn1nccc1CNc1nnn(-c2ccc(F)cc2)c1C. The van der Waals surface area contributed by atoms with Crippen LogP contribution in [0.2, 0.25) is 0 Å². The normalized spacial score (nSPS) is 10.9. The molecule has 22 heavy (non-hydrogen) atoms. The Kier molecular flexibility index (Phi) is 3.86. The monoisotopic (exact) mass is 300 g/mol. The van der Waals surface area contributed by atoms with E-state index in [9.17, 15) is 4.39 Å². The number of nitrogens with zero attached hydrogens (tertiary/aromatic N) is 5. The van der Waals surface area contributed by atoms with E-state index < -0.39 is 0 Å². The van der Waals surface area contributed by atoms with E-state index >= 15 is 0 Å². The number of aromatic nitrogens is 5. The molecule has 0 aliphatic heterocycles. The van der Waals surface area contributed by atoms with Crippen molar-refractivity contribution in [3.05, 3.63) is 53.7 Å². The third kappa shape index (κ3) is 2.69. The molecule has 0 aliphatic rings. The van der Waals surface area contributed by atoms with Crippen LogP contribution in [0.25, 0.3) is 5.69 Å². The molecule has 0 saturated heterocycles. The Morgan fingerprint density at radius 2 is 1.95 bits per heavy atom. The average Bonchev–Trinajstić information content (AvgIpc) is 3.12. The van der Waals surface area contributed by atoms with Crippen molar-refractivity contribution in [1.82, 2.24) is 24.8 Å². The van der Waals surface area contributed by atoms with Crippen molar-refractivity contribution < 1.29 is 4.39 Å². The van der Waals surface area contributed by atoms with E-state index in [-0.39, 0.29) is 5.82 Å². The first kappa shape index (κ1) is 14.2. The number of benzene rings is 1. The fourth-order valence-corrected chi connectivity index (χ4v) is 2.29. The van der Waals surface area contributed by atoms with E-state index in [1.54, 1.807) is 23.0 Å². The van der Waals surface area contributed by atoms with Gasteiger partial charge in [0.1, 0.15) is 5.82 Å². The van der Waals surface area contributed by atoms with Crippen LogP contribution >= 0.6 is 0 Å². The van der Waals surface area contributed by atoms with Crippen molar-refractivity contribution in [3.63, 3.8) is 0 Å². The molecule has 2 aromatic heterocycles. The molecule has 0 bridgehead atoms. The molecule has 0 atom stereocenters. The summed E-state index contributed by atoms with van der Waals surface area (Å²) in [6, 6.07) is 8.13. The van der Waals surface area contributed by atoms with Crippen molar-refractivity contribution in [1.29, 1.82) is 0 Å². The minimum Gasteiger partial charge on any atom is -0.361 e. The van der Waals surface area contributed by atoms with Crippen molar-refractivity contribution in [2.24, 2.45) is 0 Å². The zero-order valence-electron chi connectivity index (χ0n) is 12.5. The lowest BCUT2D eigenvalue weighted by molar-refractivity contribution is 0.626. The number of halogens is 1. The van der Waals surface area contributed by atoms with E-state index in [1.165, 1.54) is 12.1 Å². The van der Waals surface area contributed by atoms with Crippen LogP contribution in [-0.2, 0) is 13.1 Å². The first-order chi connectivity index (χ1) is 10.7. The molecule has 2 heterocycles. The highest BCUT2D eigenvalue weighted by atomic mass is 19.1. The van der Waals surface area contributed by atoms with Gasteiger partial charge >= 0.3 is 0 Å². The van der Waals surface area contributed by atoms with E-state index in [1.807, 2.05) is 24.6 Å². The lowest BCUT2D eigenvalue weighted by atomic mass is 10.3. The van der Waals surface area contributed by atoms with Crippen LogP contribution in [0.3, 0.4) is 0 Å². The fourth-order valence-electron chi connectivity index (χ4n) is 2.29. The molecule has 0 saturated carbocycles. The fraction of sp³-hybridized carbons (Fsp3) is 0.267. The molecule has 0 radical (unpaired) electrons. The molecule has 6 nitrogen and oxygen atoms in total. The quantitative estimate of drug-likeness (QED) is 0.786. The second kappa shape index (κ2) is 5.97. The zero-order valence-corrected chi connectivity index (χ0v) is 12.5. The first-order valence-electron chi connectivity index (χ1n) is 7.12. The average molecular weight is 300 g/mol. The van der Waals surface area contributed by atoms with Crippen LogP contribution in [0.15, 0.2) is 36.5 Å². The van der Waals surface area contributed by atoms with E-state index in [0.29, 0.717) is 12.4 Å². The maximum Gasteiger partial charge on any atom is 0.172 e. The Balaban J connectivity index is 1.77. The van der Waals surface area contributed by atoms with E-state index in [0.717, 1.165) is 23.6 Å². The molecule has 0 amide bonds. The lowest BCUT2D eigenvalue weighted by Crippen LogP contribution is -2.08. The van der Waals surface area contributed by atoms with Crippen LogP contribution in [0.1, 0.15) is 18.3 Å². The molecule has 0 spiro atoms. The zero-order chi connectivity index (χ0) is 15.5. The maximum absolute atomic E-state index is 13.0. The number of anilines is 1. The number of nitrogens with one attached hydrogen (secondary N) is 1. The molecule has 7 heteroatoms. The molecule has 0 aliphatic carbocycles. The van der Waals surface area contributed by atoms with E-state index in [4.69, 9.17) is 0 Å². The maximum atomic E-state index is 13.0. The second-order valence-electron chi connectivity index (χ2n) is 4.90. The number of aryl methyl sites for hydroxylation is 1. The topological polar surface area (TPSA) is 60.6 Å². The summed E-state index contributed by atoms with van der Waals surface area (Å²) in [5.41, 5.74) is 2.73. The van der Waals surface area contributed by atoms with Gasteiger partial charge in [0.25, 0.3) is 0 Å². The third-order valence-corrected chi connectivity index (χ3v) is 3.51. The largest absolute Gasteiger partial charge is 0.361 e. The van der Waals surface area contributed by atoms with Gasteiger partial charge in [-0.25, -0.2) is 9.07 Å². The summed E-state index contributed by atoms with van der Waals surface area (Å²) in [4.78, 5) is 0.